The Labute approximate surface area is 121 Å². The monoisotopic (exact) mass is 280 g/mol. The Bertz CT molecular complexity index is 425. The number of rotatable bonds is 5. The highest BCUT2D eigenvalue weighted by molar-refractivity contribution is 5.19. The molecule has 1 aliphatic heterocycles. The molecule has 1 unspecified atom stereocenters. The summed E-state index contributed by atoms with van der Waals surface area (Å²) in [7, 11) is 0. The third-order valence-electron chi connectivity index (χ3n) is 3.90. The fourth-order valence-corrected chi connectivity index (χ4v) is 2.54. The van der Waals surface area contributed by atoms with E-state index < -0.39 is 0 Å². The predicted octanol–water partition coefficient (Wildman–Crippen LogP) is 2.59. The van der Waals surface area contributed by atoms with Gasteiger partial charge in [0.25, 0.3) is 0 Å². The van der Waals surface area contributed by atoms with Gasteiger partial charge in [0.2, 0.25) is 0 Å². The van der Waals surface area contributed by atoms with E-state index in [1.54, 1.807) is 12.1 Å². The first-order valence-electron chi connectivity index (χ1n) is 7.40. The lowest BCUT2D eigenvalue weighted by molar-refractivity contribution is -0.0379. The van der Waals surface area contributed by atoms with Crippen LogP contribution in [0.5, 0.6) is 0 Å². The molecule has 2 atom stereocenters. The molecule has 112 valence electrons. The van der Waals surface area contributed by atoms with Crippen LogP contribution in [-0.4, -0.2) is 43.3 Å². The maximum atomic E-state index is 13.2. The van der Waals surface area contributed by atoms with Gasteiger partial charge in [-0.25, -0.2) is 4.39 Å². The molecule has 0 aliphatic carbocycles. The molecule has 4 heteroatoms. The van der Waals surface area contributed by atoms with Crippen molar-refractivity contribution in [3.05, 3.63) is 35.6 Å². The SMILES string of the molecule is CC(C)N1CCOC(CN[C@@H](C)c2cccc(F)c2)C1. The molecule has 0 amide bonds. The van der Waals surface area contributed by atoms with Crippen LogP contribution in [0.2, 0.25) is 0 Å². The minimum absolute atomic E-state index is 0.128. The number of nitrogens with zero attached hydrogens (tertiary/aromatic N) is 1. The van der Waals surface area contributed by atoms with Crippen molar-refractivity contribution in [2.45, 2.75) is 39.0 Å². The van der Waals surface area contributed by atoms with Gasteiger partial charge in [-0.05, 0) is 38.5 Å². The summed E-state index contributed by atoms with van der Waals surface area (Å²) in [6.07, 6.45) is 0.210. The molecule has 0 radical (unpaired) electrons. The molecule has 2 rings (SSSR count). The van der Waals surface area contributed by atoms with Crippen LogP contribution in [0, 0.1) is 5.82 Å². The summed E-state index contributed by atoms with van der Waals surface area (Å²) < 4.78 is 19.0. The van der Waals surface area contributed by atoms with E-state index in [4.69, 9.17) is 4.74 Å². The lowest BCUT2D eigenvalue weighted by Gasteiger charge is -2.36. The quantitative estimate of drug-likeness (QED) is 0.897. The minimum Gasteiger partial charge on any atom is -0.374 e. The van der Waals surface area contributed by atoms with Crippen molar-refractivity contribution in [2.75, 3.05) is 26.2 Å². The van der Waals surface area contributed by atoms with Crippen molar-refractivity contribution in [2.24, 2.45) is 0 Å². The zero-order valence-corrected chi connectivity index (χ0v) is 12.6. The minimum atomic E-state index is -0.184. The number of morpholine rings is 1. The van der Waals surface area contributed by atoms with Gasteiger partial charge in [0, 0.05) is 31.7 Å². The lowest BCUT2D eigenvalue weighted by atomic mass is 10.1. The van der Waals surface area contributed by atoms with Gasteiger partial charge in [0.1, 0.15) is 5.82 Å². The molecule has 1 aliphatic rings. The molecule has 0 saturated carbocycles. The molecule has 1 heterocycles. The molecule has 0 aromatic heterocycles. The van der Waals surface area contributed by atoms with E-state index in [0.717, 1.165) is 31.8 Å². The average Bonchev–Trinajstić information content (AvgIpc) is 2.45. The Hall–Kier alpha value is -0.970. The standard InChI is InChI=1S/C16H25FN2O/c1-12(2)19-7-8-20-16(11-19)10-18-13(3)14-5-4-6-15(17)9-14/h4-6,9,12-13,16,18H,7-8,10-11H2,1-3H3/t13-,16?/m0/s1. The molecule has 0 spiro atoms. The van der Waals surface area contributed by atoms with Gasteiger partial charge in [0.05, 0.1) is 12.7 Å². The van der Waals surface area contributed by atoms with Crippen LogP contribution in [0.4, 0.5) is 4.39 Å². The zero-order chi connectivity index (χ0) is 14.5. The van der Waals surface area contributed by atoms with Crippen LogP contribution < -0.4 is 5.32 Å². The first kappa shape index (κ1) is 15.4. The van der Waals surface area contributed by atoms with Crippen LogP contribution in [0.3, 0.4) is 0 Å². The summed E-state index contributed by atoms with van der Waals surface area (Å²) in [5.41, 5.74) is 0.974. The summed E-state index contributed by atoms with van der Waals surface area (Å²) in [5, 5.41) is 3.44. The molecular weight excluding hydrogens is 255 g/mol. The first-order valence-corrected chi connectivity index (χ1v) is 7.40. The molecule has 1 N–H and O–H groups in total. The fourth-order valence-electron chi connectivity index (χ4n) is 2.54. The molecule has 1 aromatic carbocycles. The summed E-state index contributed by atoms with van der Waals surface area (Å²) in [5.74, 6) is -0.184. The van der Waals surface area contributed by atoms with Gasteiger partial charge in [-0.3, -0.25) is 4.90 Å². The van der Waals surface area contributed by atoms with Crippen molar-refractivity contribution in [1.82, 2.24) is 10.2 Å². The second-order valence-electron chi connectivity index (χ2n) is 5.77. The second-order valence-corrected chi connectivity index (χ2v) is 5.77. The number of hydrogen-bond acceptors (Lipinski definition) is 3. The van der Waals surface area contributed by atoms with Gasteiger partial charge < -0.3 is 10.1 Å². The van der Waals surface area contributed by atoms with E-state index in [2.05, 4.69) is 31.0 Å². The lowest BCUT2D eigenvalue weighted by Crippen LogP contribution is -2.49. The number of halogens is 1. The van der Waals surface area contributed by atoms with Crippen molar-refractivity contribution >= 4 is 0 Å². The number of benzene rings is 1. The Morgan fingerprint density at radius 3 is 2.90 bits per heavy atom. The summed E-state index contributed by atoms with van der Waals surface area (Å²) in [6.45, 7) is 10.0. The van der Waals surface area contributed by atoms with Crippen molar-refractivity contribution in [1.29, 1.82) is 0 Å². The summed E-state index contributed by atoms with van der Waals surface area (Å²) >= 11 is 0. The van der Waals surface area contributed by atoms with E-state index in [9.17, 15) is 4.39 Å². The molecule has 0 bridgehead atoms. The predicted molar refractivity (Wildman–Crippen MR) is 79.3 cm³/mol. The van der Waals surface area contributed by atoms with Gasteiger partial charge in [-0.1, -0.05) is 12.1 Å². The maximum absolute atomic E-state index is 13.2. The molecule has 1 aromatic rings. The van der Waals surface area contributed by atoms with Crippen LogP contribution in [0.25, 0.3) is 0 Å². The summed E-state index contributed by atoms with van der Waals surface area (Å²) in [6, 6.07) is 7.44. The molecule has 3 nitrogen and oxygen atoms in total. The zero-order valence-electron chi connectivity index (χ0n) is 12.6. The Morgan fingerprint density at radius 1 is 1.40 bits per heavy atom. The average molecular weight is 280 g/mol. The van der Waals surface area contributed by atoms with E-state index >= 15 is 0 Å². The fraction of sp³-hybridized carbons (Fsp3) is 0.625. The number of hydrogen-bond donors (Lipinski definition) is 1. The van der Waals surface area contributed by atoms with E-state index in [1.807, 2.05) is 6.07 Å². The maximum Gasteiger partial charge on any atom is 0.123 e. The van der Waals surface area contributed by atoms with Crippen molar-refractivity contribution in [3.63, 3.8) is 0 Å². The first-order chi connectivity index (χ1) is 9.56. The van der Waals surface area contributed by atoms with Gasteiger partial charge in [-0.2, -0.15) is 0 Å². The Kier molecular flexibility index (Phi) is 5.52. The van der Waals surface area contributed by atoms with Crippen LogP contribution in [0.15, 0.2) is 24.3 Å². The second kappa shape index (κ2) is 7.16. The molecule has 1 saturated heterocycles. The smallest absolute Gasteiger partial charge is 0.123 e. The molecule has 20 heavy (non-hydrogen) atoms. The van der Waals surface area contributed by atoms with E-state index in [0.29, 0.717) is 6.04 Å². The van der Waals surface area contributed by atoms with Crippen LogP contribution in [0.1, 0.15) is 32.4 Å². The van der Waals surface area contributed by atoms with Crippen LogP contribution in [-0.2, 0) is 4.74 Å². The van der Waals surface area contributed by atoms with E-state index in [1.165, 1.54) is 6.07 Å². The highest BCUT2D eigenvalue weighted by atomic mass is 19.1. The highest BCUT2D eigenvalue weighted by Crippen LogP contribution is 2.14. The topological polar surface area (TPSA) is 24.5 Å². The normalized spacial score (nSPS) is 22.1. The third-order valence-corrected chi connectivity index (χ3v) is 3.90. The third kappa shape index (κ3) is 4.27. The van der Waals surface area contributed by atoms with Crippen molar-refractivity contribution in [3.8, 4) is 0 Å². The van der Waals surface area contributed by atoms with Gasteiger partial charge in [0.15, 0.2) is 0 Å². The Morgan fingerprint density at radius 2 is 2.20 bits per heavy atom. The largest absolute Gasteiger partial charge is 0.374 e. The highest BCUT2D eigenvalue weighted by Gasteiger charge is 2.22. The number of nitrogens with one attached hydrogen (secondary N) is 1. The molecular formula is C16H25FN2O. The van der Waals surface area contributed by atoms with Crippen LogP contribution >= 0.6 is 0 Å². The molecule has 1 fully saturated rings. The van der Waals surface area contributed by atoms with Gasteiger partial charge in [-0.15, -0.1) is 0 Å². The number of ether oxygens (including phenoxy) is 1. The summed E-state index contributed by atoms with van der Waals surface area (Å²) in [4.78, 5) is 2.43. The van der Waals surface area contributed by atoms with Crippen molar-refractivity contribution < 1.29 is 9.13 Å². The Balaban J connectivity index is 1.82. The van der Waals surface area contributed by atoms with E-state index in [-0.39, 0.29) is 18.0 Å². The van der Waals surface area contributed by atoms with Gasteiger partial charge >= 0.3 is 0 Å².